The van der Waals surface area contributed by atoms with Crippen molar-refractivity contribution in [2.45, 2.75) is 69.5 Å². The second-order valence-corrected chi connectivity index (χ2v) is 10.1. The van der Waals surface area contributed by atoms with Gasteiger partial charge in [-0.25, -0.2) is 0 Å². The third-order valence-electron chi connectivity index (χ3n) is 7.69. The van der Waals surface area contributed by atoms with Crippen LogP contribution in [-0.4, -0.2) is 41.4 Å². The molecule has 1 saturated carbocycles. The van der Waals surface area contributed by atoms with Crippen molar-refractivity contribution >= 4 is 23.4 Å². The monoisotopic (exact) mass is 471 g/mol. The Balaban J connectivity index is 1.86. The molecular formula is C26H34ClN3O3. The molecule has 4 atom stereocenters. The molecule has 0 bridgehead atoms. The SMILES string of the molecule is CCCC1CCCCC1(N(C)C)N1C(=O)C(c2ccoc2C(N)=O)CC1c1ccc(Cl)cc1. The highest BCUT2D eigenvalue weighted by Gasteiger charge is 2.56. The maximum atomic E-state index is 14.3. The van der Waals surface area contributed by atoms with Crippen LogP contribution in [0.3, 0.4) is 0 Å². The van der Waals surface area contributed by atoms with E-state index >= 15 is 0 Å². The Morgan fingerprint density at radius 1 is 1.24 bits per heavy atom. The molecular weight excluding hydrogens is 438 g/mol. The van der Waals surface area contributed by atoms with Gasteiger partial charge in [-0.15, -0.1) is 0 Å². The maximum absolute atomic E-state index is 14.3. The van der Waals surface area contributed by atoms with Gasteiger partial charge in [0.25, 0.3) is 5.91 Å². The fourth-order valence-corrected chi connectivity index (χ4v) is 6.42. The van der Waals surface area contributed by atoms with Crippen molar-refractivity contribution in [3.63, 3.8) is 0 Å². The lowest BCUT2D eigenvalue weighted by molar-refractivity contribution is -0.159. The van der Waals surface area contributed by atoms with E-state index in [9.17, 15) is 9.59 Å². The summed E-state index contributed by atoms with van der Waals surface area (Å²) in [6.45, 7) is 2.21. The fourth-order valence-electron chi connectivity index (χ4n) is 6.29. The number of hydrogen-bond donors (Lipinski definition) is 1. The first kappa shape index (κ1) is 23.8. The first-order valence-corrected chi connectivity index (χ1v) is 12.3. The van der Waals surface area contributed by atoms with Gasteiger partial charge in [-0.2, -0.15) is 0 Å². The molecule has 2 amide bonds. The minimum Gasteiger partial charge on any atom is -0.459 e. The largest absolute Gasteiger partial charge is 0.459 e. The molecule has 1 aromatic carbocycles. The summed E-state index contributed by atoms with van der Waals surface area (Å²) in [5.41, 5.74) is 6.82. The number of furan rings is 1. The maximum Gasteiger partial charge on any atom is 0.284 e. The van der Waals surface area contributed by atoms with Gasteiger partial charge in [-0.05, 0) is 75.9 Å². The molecule has 2 aliphatic rings. The zero-order chi connectivity index (χ0) is 23.8. The lowest BCUT2D eigenvalue weighted by Crippen LogP contribution is -2.64. The summed E-state index contributed by atoms with van der Waals surface area (Å²) >= 11 is 6.19. The number of rotatable bonds is 7. The van der Waals surface area contributed by atoms with Crippen molar-refractivity contribution in [3.8, 4) is 0 Å². The Morgan fingerprint density at radius 3 is 2.61 bits per heavy atom. The van der Waals surface area contributed by atoms with Gasteiger partial charge in [0.15, 0.2) is 5.76 Å². The van der Waals surface area contributed by atoms with E-state index in [1.807, 2.05) is 24.3 Å². The zero-order valence-electron chi connectivity index (χ0n) is 19.7. The number of halogens is 1. The number of primary amides is 1. The quantitative estimate of drug-likeness (QED) is 0.591. The number of carbonyl (C=O) groups excluding carboxylic acids is 2. The number of likely N-dealkylation sites (tertiary alicyclic amines) is 1. The van der Waals surface area contributed by atoms with E-state index in [0.29, 0.717) is 22.9 Å². The Labute approximate surface area is 201 Å². The Bertz CT molecular complexity index is 1000. The van der Waals surface area contributed by atoms with Gasteiger partial charge < -0.3 is 15.1 Å². The average Bonchev–Trinajstić information content (AvgIpc) is 3.40. The number of nitrogens with two attached hydrogens (primary N) is 1. The van der Waals surface area contributed by atoms with E-state index in [0.717, 1.165) is 37.7 Å². The molecule has 1 saturated heterocycles. The van der Waals surface area contributed by atoms with Crippen molar-refractivity contribution in [3.05, 3.63) is 58.5 Å². The topological polar surface area (TPSA) is 79.8 Å². The van der Waals surface area contributed by atoms with Crippen molar-refractivity contribution in [2.75, 3.05) is 14.1 Å². The standard InChI is InChI=1S/C26H34ClN3O3/c1-4-7-18-8-5-6-14-26(18,29(2)3)30-22(17-9-11-19(27)12-10-17)16-21(25(30)32)20-13-15-33-23(20)24(28)31/h9-13,15,18,21-22H,4-8,14,16H2,1-3H3,(H2,28,31). The van der Waals surface area contributed by atoms with Crippen LogP contribution in [0.2, 0.25) is 5.02 Å². The van der Waals surface area contributed by atoms with Gasteiger partial charge in [0.05, 0.1) is 23.9 Å². The van der Waals surface area contributed by atoms with Gasteiger partial charge in [0, 0.05) is 10.6 Å². The predicted molar refractivity (Wildman–Crippen MR) is 129 cm³/mol. The Hall–Kier alpha value is -2.31. The number of benzene rings is 1. The van der Waals surface area contributed by atoms with Gasteiger partial charge in [0.1, 0.15) is 0 Å². The van der Waals surface area contributed by atoms with E-state index in [1.54, 1.807) is 6.07 Å². The average molecular weight is 472 g/mol. The summed E-state index contributed by atoms with van der Waals surface area (Å²) in [5, 5.41) is 0.667. The lowest BCUT2D eigenvalue weighted by Gasteiger charge is -2.56. The molecule has 1 aliphatic heterocycles. The molecule has 1 aromatic heterocycles. The molecule has 33 heavy (non-hydrogen) atoms. The Morgan fingerprint density at radius 2 is 1.97 bits per heavy atom. The van der Waals surface area contributed by atoms with Crippen LogP contribution in [0.15, 0.2) is 41.0 Å². The molecule has 7 heteroatoms. The summed E-state index contributed by atoms with van der Waals surface area (Å²) < 4.78 is 5.38. The lowest BCUT2D eigenvalue weighted by atomic mass is 9.74. The van der Waals surface area contributed by atoms with Crippen LogP contribution in [-0.2, 0) is 4.79 Å². The van der Waals surface area contributed by atoms with Gasteiger partial charge in [-0.3, -0.25) is 14.5 Å². The first-order valence-electron chi connectivity index (χ1n) is 11.9. The molecule has 4 unspecified atom stereocenters. The minimum absolute atomic E-state index is 0.0375. The van der Waals surface area contributed by atoms with Crippen LogP contribution in [0.4, 0.5) is 0 Å². The highest BCUT2D eigenvalue weighted by atomic mass is 35.5. The molecule has 2 fully saturated rings. The minimum atomic E-state index is -0.645. The number of amides is 2. The van der Waals surface area contributed by atoms with Crippen molar-refractivity contribution in [1.82, 2.24) is 9.80 Å². The summed E-state index contributed by atoms with van der Waals surface area (Å²) in [5.74, 6) is -0.627. The Kier molecular flexibility index (Phi) is 6.87. The summed E-state index contributed by atoms with van der Waals surface area (Å²) in [4.78, 5) is 30.7. The van der Waals surface area contributed by atoms with Crippen LogP contribution in [0.25, 0.3) is 0 Å². The second kappa shape index (κ2) is 9.51. The molecule has 1 aliphatic carbocycles. The van der Waals surface area contributed by atoms with Crippen molar-refractivity contribution in [1.29, 1.82) is 0 Å². The molecule has 2 aromatic rings. The van der Waals surface area contributed by atoms with E-state index in [4.69, 9.17) is 21.8 Å². The van der Waals surface area contributed by atoms with Crippen LogP contribution in [0, 0.1) is 5.92 Å². The molecule has 178 valence electrons. The third kappa shape index (κ3) is 4.08. The number of hydrogen-bond acceptors (Lipinski definition) is 4. The van der Waals surface area contributed by atoms with E-state index < -0.39 is 11.8 Å². The van der Waals surface area contributed by atoms with Gasteiger partial charge >= 0.3 is 0 Å². The van der Waals surface area contributed by atoms with E-state index in [-0.39, 0.29) is 23.4 Å². The van der Waals surface area contributed by atoms with Crippen LogP contribution in [0.5, 0.6) is 0 Å². The second-order valence-electron chi connectivity index (χ2n) is 9.64. The normalized spacial score (nSPS) is 28.0. The van der Waals surface area contributed by atoms with Gasteiger partial charge in [0.2, 0.25) is 5.91 Å². The van der Waals surface area contributed by atoms with E-state index in [2.05, 4.69) is 30.8 Å². The highest BCUT2D eigenvalue weighted by molar-refractivity contribution is 6.30. The van der Waals surface area contributed by atoms with Crippen molar-refractivity contribution < 1.29 is 14.0 Å². The van der Waals surface area contributed by atoms with E-state index in [1.165, 1.54) is 12.7 Å². The molecule has 6 nitrogen and oxygen atoms in total. The van der Waals surface area contributed by atoms with Crippen LogP contribution >= 0.6 is 11.6 Å². The molecule has 2 heterocycles. The third-order valence-corrected chi connectivity index (χ3v) is 7.94. The van der Waals surface area contributed by atoms with Crippen molar-refractivity contribution in [2.24, 2.45) is 11.7 Å². The zero-order valence-corrected chi connectivity index (χ0v) is 20.5. The fraction of sp³-hybridized carbons (Fsp3) is 0.538. The molecule has 4 rings (SSSR count). The first-order chi connectivity index (χ1) is 15.8. The molecule has 2 N–H and O–H groups in total. The summed E-state index contributed by atoms with van der Waals surface area (Å²) in [6, 6.07) is 9.38. The molecule has 0 radical (unpaired) electrons. The number of carbonyl (C=O) groups is 2. The summed E-state index contributed by atoms with van der Waals surface area (Å²) in [7, 11) is 4.19. The highest BCUT2D eigenvalue weighted by Crippen LogP contribution is 2.53. The molecule has 0 spiro atoms. The number of nitrogens with zero attached hydrogens (tertiary/aromatic N) is 2. The summed E-state index contributed by atoms with van der Waals surface area (Å²) in [6.07, 6.45) is 8.46. The van der Waals surface area contributed by atoms with Crippen LogP contribution < -0.4 is 5.73 Å². The van der Waals surface area contributed by atoms with Gasteiger partial charge in [-0.1, -0.05) is 43.5 Å². The van der Waals surface area contributed by atoms with Crippen LogP contribution in [0.1, 0.15) is 85.5 Å². The smallest absolute Gasteiger partial charge is 0.284 e. The predicted octanol–water partition coefficient (Wildman–Crippen LogP) is 5.34.